The van der Waals surface area contributed by atoms with E-state index in [1.54, 1.807) is 4.90 Å². The van der Waals surface area contributed by atoms with Crippen molar-refractivity contribution in [1.29, 1.82) is 0 Å². The molecule has 5 aliphatic rings. The molecule has 6 rings (SSSR count). The molecule has 3 atom stereocenters. The second-order valence-electron chi connectivity index (χ2n) is 10.2. The number of rotatable bonds is 5. The lowest BCUT2D eigenvalue weighted by atomic mass is 9.48. The molecule has 2 amide bonds. The van der Waals surface area contributed by atoms with Crippen molar-refractivity contribution in [1.82, 2.24) is 9.88 Å². The number of hydrogen-bond acceptors (Lipinski definition) is 5. The summed E-state index contributed by atoms with van der Waals surface area (Å²) in [5.41, 5.74) is 5.16. The largest absolute Gasteiger partial charge is 0.472 e. The van der Waals surface area contributed by atoms with E-state index in [0.29, 0.717) is 25.4 Å². The van der Waals surface area contributed by atoms with Crippen molar-refractivity contribution in [3.63, 3.8) is 0 Å². The molecular weight excluding hydrogens is 420 g/mol. The zero-order valence-electron chi connectivity index (χ0n) is 18.1. The Balaban J connectivity index is 1.16. The summed E-state index contributed by atoms with van der Waals surface area (Å²) >= 11 is 0. The number of primary amides is 1. The van der Waals surface area contributed by atoms with E-state index in [1.165, 1.54) is 12.1 Å². The number of amides is 2. The molecule has 5 fully saturated rings. The summed E-state index contributed by atoms with van der Waals surface area (Å²) in [6.07, 6.45) is 5.27. The topological polar surface area (TPSA) is 94.7 Å². The number of halogens is 2. The number of pyridine rings is 1. The maximum atomic E-state index is 13.3. The number of alkyl halides is 2. The van der Waals surface area contributed by atoms with Crippen LogP contribution in [0.1, 0.15) is 51.0 Å². The number of nitrogens with two attached hydrogens (primary N) is 1. The van der Waals surface area contributed by atoms with E-state index in [9.17, 15) is 18.4 Å². The molecule has 174 valence electrons. The molecule has 1 aromatic heterocycles. The average molecular weight is 449 g/mol. The zero-order chi connectivity index (χ0) is 22.7. The minimum Gasteiger partial charge on any atom is -0.472 e. The first-order valence-electron chi connectivity index (χ1n) is 11.4. The van der Waals surface area contributed by atoms with Gasteiger partial charge < -0.3 is 20.1 Å². The van der Waals surface area contributed by atoms with Gasteiger partial charge in [0.15, 0.2) is 0 Å². The molecule has 7 nitrogen and oxygen atoms in total. The second-order valence-corrected chi connectivity index (χ2v) is 10.2. The van der Waals surface area contributed by atoms with Crippen molar-refractivity contribution in [3.8, 4) is 5.88 Å². The minimum atomic E-state index is -2.95. The van der Waals surface area contributed by atoms with Gasteiger partial charge in [-0.05, 0) is 55.9 Å². The number of ether oxygens (including phenoxy) is 2. The molecule has 0 spiro atoms. The Morgan fingerprint density at radius 2 is 1.94 bits per heavy atom. The van der Waals surface area contributed by atoms with Gasteiger partial charge >= 0.3 is 6.09 Å². The maximum Gasteiger partial charge on any atom is 0.410 e. The van der Waals surface area contributed by atoms with Crippen LogP contribution in [0.2, 0.25) is 0 Å². The quantitative estimate of drug-likeness (QED) is 0.743. The van der Waals surface area contributed by atoms with Crippen molar-refractivity contribution < 1.29 is 27.8 Å². The Morgan fingerprint density at radius 1 is 1.22 bits per heavy atom. The third-order valence-corrected chi connectivity index (χ3v) is 7.88. The Kier molecular flexibility index (Phi) is 5.05. The molecule has 4 saturated carbocycles. The van der Waals surface area contributed by atoms with Crippen LogP contribution in [0, 0.1) is 23.2 Å². The summed E-state index contributed by atoms with van der Waals surface area (Å²) in [6.45, 7) is 1.69. The number of nitrogens with zero attached hydrogens (tertiary/aromatic N) is 2. The van der Waals surface area contributed by atoms with Crippen LogP contribution in [-0.4, -0.2) is 47.2 Å². The lowest BCUT2D eigenvalue weighted by Crippen LogP contribution is -2.59. The first-order chi connectivity index (χ1) is 15.1. The Hall–Kier alpha value is -2.45. The molecule has 9 heteroatoms. The van der Waals surface area contributed by atoms with E-state index in [1.807, 2.05) is 0 Å². The fourth-order valence-electron chi connectivity index (χ4n) is 6.53. The van der Waals surface area contributed by atoms with E-state index >= 15 is 0 Å². The molecule has 1 aliphatic heterocycles. The second kappa shape index (κ2) is 7.56. The molecular formula is C23H29F2N3O4. The molecule has 0 radical (unpaired) electrons. The van der Waals surface area contributed by atoms with Gasteiger partial charge in [-0.2, -0.15) is 0 Å². The van der Waals surface area contributed by atoms with Gasteiger partial charge in [-0.1, -0.05) is 0 Å². The van der Waals surface area contributed by atoms with E-state index < -0.39 is 11.3 Å². The number of carbonyl (C=O) groups excluding carboxylic acids is 2. The molecule has 2 N–H and O–H groups in total. The molecule has 2 heterocycles. The Morgan fingerprint density at radius 3 is 2.53 bits per heavy atom. The molecule has 0 aromatic carbocycles. The smallest absolute Gasteiger partial charge is 0.410 e. The third kappa shape index (κ3) is 3.79. The summed E-state index contributed by atoms with van der Waals surface area (Å²) in [5, 5.41) is 0. The van der Waals surface area contributed by atoms with E-state index in [0.717, 1.165) is 45.2 Å². The lowest BCUT2D eigenvalue weighted by molar-refractivity contribution is -0.161. The summed E-state index contributed by atoms with van der Waals surface area (Å²) < 4.78 is 38.4. The van der Waals surface area contributed by atoms with Gasteiger partial charge in [0.05, 0.1) is 12.0 Å². The highest BCUT2D eigenvalue weighted by Gasteiger charge is 2.59. The van der Waals surface area contributed by atoms with E-state index in [4.69, 9.17) is 15.2 Å². The molecule has 32 heavy (non-hydrogen) atoms. The van der Waals surface area contributed by atoms with Crippen molar-refractivity contribution in [2.75, 3.05) is 13.1 Å². The van der Waals surface area contributed by atoms with Crippen LogP contribution in [0.25, 0.3) is 0 Å². The summed E-state index contributed by atoms with van der Waals surface area (Å²) in [7, 11) is 0. The maximum absolute atomic E-state index is 13.3. The standard InChI is InChI=1S/C23H29F2N3O4/c1-22(24,25)16-2-3-18(27-11-16)31-17-4-5-28(12-17)21(30)32-19-14-6-13-7-15(19)10-23(8-13,9-14)20(26)29/h2-3,11,13-15,17,19H,4-10,12H2,1H3,(H2,26,29). The van der Waals surface area contributed by atoms with Gasteiger partial charge in [0.25, 0.3) is 5.92 Å². The van der Waals surface area contributed by atoms with Crippen LogP contribution in [0.4, 0.5) is 13.6 Å². The van der Waals surface area contributed by atoms with E-state index in [2.05, 4.69) is 4.98 Å². The fourth-order valence-corrected chi connectivity index (χ4v) is 6.53. The highest BCUT2D eigenvalue weighted by molar-refractivity contribution is 5.81. The summed E-state index contributed by atoms with van der Waals surface area (Å²) in [6, 6.07) is 2.73. The zero-order valence-corrected chi connectivity index (χ0v) is 18.1. The number of aromatic nitrogens is 1. The predicted octanol–water partition coefficient (Wildman–Crippen LogP) is 3.46. The average Bonchev–Trinajstić information content (AvgIpc) is 3.18. The van der Waals surface area contributed by atoms with Gasteiger partial charge in [0, 0.05) is 37.7 Å². The molecule has 4 aliphatic carbocycles. The number of hydrogen-bond donors (Lipinski definition) is 1. The van der Waals surface area contributed by atoms with Crippen LogP contribution in [0.5, 0.6) is 5.88 Å². The van der Waals surface area contributed by atoms with Crippen LogP contribution in [-0.2, 0) is 15.5 Å². The van der Waals surface area contributed by atoms with Gasteiger partial charge in [-0.25, -0.2) is 18.6 Å². The van der Waals surface area contributed by atoms with Gasteiger partial charge in [0.2, 0.25) is 11.8 Å². The number of carbonyl (C=O) groups is 2. The van der Waals surface area contributed by atoms with Crippen LogP contribution >= 0.6 is 0 Å². The number of likely N-dealkylation sites (tertiary alicyclic amines) is 1. The van der Waals surface area contributed by atoms with Crippen LogP contribution < -0.4 is 10.5 Å². The first-order valence-corrected chi connectivity index (χ1v) is 11.4. The van der Waals surface area contributed by atoms with Crippen molar-refractivity contribution >= 4 is 12.0 Å². The third-order valence-electron chi connectivity index (χ3n) is 7.88. The van der Waals surface area contributed by atoms with Crippen LogP contribution in [0.15, 0.2) is 18.3 Å². The Bertz CT molecular complexity index is 887. The molecule has 3 unspecified atom stereocenters. The van der Waals surface area contributed by atoms with Crippen molar-refractivity contribution in [3.05, 3.63) is 23.9 Å². The molecule has 4 bridgehead atoms. The normalized spacial score (nSPS) is 35.7. The Labute approximate surface area is 185 Å². The monoisotopic (exact) mass is 449 g/mol. The van der Waals surface area contributed by atoms with Crippen molar-refractivity contribution in [2.24, 2.45) is 28.9 Å². The first kappa shape index (κ1) is 21.4. The highest BCUT2D eigenvalue weighted by Crippen LogP contribution is 2.60. The van der Waals surface area contributed by atoms with E-state index in [-0.39, 0.29) is 47.5 Å². The highest BCUT2D eigenvalue weighted by atomic mass is 19.3. The SMILES string of the molecule is CC(F)(F)c1ccc(OC2CCN(C(=O)OC3C4CC5CC3CC(C(N)=O)(C5)C4)C2)nc1. The fraction of sp³-hybridized carbons (Fsp3) is 0.696. The van der Waals surface area contributed by atoms with Gasteiger partial charge in [0.1, 0.15) is 12.2 Å². The van der Waals surface area contributed by atoms with Crippen molar-refractivity contribution in [2.45, 2.75) is 63.6 Å². The van der Waals surface area contributed by atoms with Gasteiger partial charge in [-0.3, -0.25) is 4.79 Å². The van der Waals surface area contributed by atoms with Crippen LogP contribution in [0.3, 0.4) is 0 Å². The summed E-state index contributed by atoms with van der Waals surface area (Å²) in [5.74, 6) is -1.99. The molecule has 1 saturated heterocycles. The van der Waals surface area contributed by atoms with Gasteiger partial charge in [-0.15, -0.1) is 0 Å². The molecule has 1 aromatic rings. The predicted molar refractivity (Wildman–Crippen MR) is 110 cm³/mol. The summed E-state index contributed by atoms with van der Waals surface area (Å²) in [4.78, 5) is 30.6. The minimum absolute atomic E-state index is 0.156. The lowest BCUT2D eigenvalue weighted by Gasteiger charge is -2.58.